The molecular formula is C21H17ClN4O2. The zero-order chi connectivity index (χ0) is 19.7. The fourth-order valence-corrected chi connectivity index (χ4v) is 3.34. The van der Waals surface area contributed by atoms with Crippen LogP contribution >= 0.6 is 11.6 Å². The average Bonchev–Trinajstić information content (AvgIpc) is 3.14. The summed E-state index contributed by atoms with van der Waals surface area (Å²) < 4.78 is 1.55. The van der Waals surface area contributed by atoms with E-state index in [1.54, 1.807) is 42.3 Å². The van der Waals surface area contributed by atoms with E-state index >= 15 is 0 Å². The van der Waals surface area contributed by atoms with Gasteiger partial charge in [-0.3, -0.25) is 14.3 Å². The standard InChI is InChI=1S/C21H17ClN4O2/c1-26-12-14(10-24-26)21(28)25-19(13-5-3-2-4-6-13)17-11-23-18-9-15(22)7-8-16(18)20(17)27/h2-12,19H,1H3,(H,23,27)(H,25,28). The quantitative estimate of drug-likeness (QED) is 0.558. The van der Waals surface area contributed by atoms with Gasteiger partial charge in [-0.2, -0.15) is 5.10 Å². The first-order chi connectivity index (χ1) is 13.5. The Hall–Kier alpha value is -3.38. The summed E-state index contributed by atoms with van der Waals surface area (Å²) in [6.45, 7) is 0. The molecule has 4 aromatic rings. The number of carbonyl (C=O) groups is 1. The zero-order valence-electron chi connectivity index (χ0n) is 15.0. The van der Waals surface area contributed by atoms with Gasteiger partial charge in [-0.05, 0) is 23.8 Å². The lowest BCUT2D eigenvalue weighted by Gasteiger charge is -2.19. The van der Waals surface area contributed by atoms with Crippen LogP contribution in [-0.2, 0) is 7.05 Å². The molecule has 2 heterocycles. The summed E-state index contributed by atoms with van der Waals surface area (Å²) in [4.78, 5) is 29.0. The first-order valence-corrected chi connectivity index (χ1v) is 9.06. The molecule has 140 valence electrons. The predicted octanol–water partition coefficient (Wildman–Crippen LogP) is 3.43. The lowest BCUT2D eigenvalue weighted by Crippen LogP contribution is -2.32. The Morgan fingerprint density at radius 2 is 2.00 bits per heavy atom. The van der Waals surface area contributed by atoms with E-state index in [4.69, 9.17) is 11.6 Å². The molecule has 6 nitrogen and oxygen atoms in total. The molecule has 0 spiro atoms. The zero-order valence-corrected chi connectivity index (χ0v) is 15.8. The summed E-state index contributed by atoms with van der Waals surface area (Å²) in [7, 11) is 1.74. The third-order valence-corrected chi connectivity index (χ3v) is 4.79. The molecule has 4 rings (SSSR count). The highest BCUT2D eigenvalue weighted by Gasteiger charge is 2.22. The molecule has 0 aliphatic heterocycles. The number of hydrogen-bond acceptors (Lipinski definition) is 3. The van der Waals surface area contributed by atoms with Gasteiger partial charge in [0, 0.05) is 35.4 Å². The number of nitrogens with zero attached hydrogens (tertiary/aromatic N) is 2. The molecule has 1 amide bonds. The molecule has 0 aliphatic rings. The molecule has 0 radical (unpaired) electrons. The maximum atomic E-state index is 13.1. The first kappa shape index (κ1) is 18.0. The summed E-state index contributed by atoms with van der Waals surface area (Å²) >= 11 is 6.02. The second-order valence-corrected chi connectivity index (χ2v) is 6.92. The van der Waals surface area contributed by atoms with E-state index in [1.165, 1.54) is 6.20 Å². The van der Waals surface area contributed by atoms with Crippen molar-refractivity contribution in [2.24, 2.45) is 7.05 Å². The number of amides is 1. The minimum atomic E-state index is -0.613. The second kappa shape index (κ2) is 7.32. The number of aryl methyl sites for hydroxylation is 1. The topological polar surface area (TPSA) is 79.8 Å². The van der Waals surface area contributed by atoms with Crippen molar-refractivity contribution in [2.45, 2.75) is 6.04 Å². The van der Waals surface area contributed by atoms with Crippen molar-refractivity contribution >= 4 is 28.4 Å². The number of pyridine rings is 1. The van der Waals surface area contributed by atoms with Crippen molar-refractivity contribution < 1.29 is 4.79 Å². The van der Waals surface area contributed by atoms with Gasteiger partial charge in [-0.1, -0.05) is 41.9 Å². The van der Waals surface area contributed by atoms with Gasteiger partial charge in [0.05, 0.1) is 23.3 Å². The van der Waals surface area contributed by atoms with E-state index in [9.17, 15) is 9.59 Å². The van der Waals surface area contributed by atoms with Gasteiger partial charge >= 0.3 is 0 Å². The van der Waals surface area contributed by atoms with E-state index in [1.807, 2.05) is 30.3 Å². The van der Waals surface area contributed by atoms with Crippen LogP contribution < -0.4 is 10.7 Å². The largest absolute Gasteiger partial charge is 0.361 e. The molecule has 0 saturated heterocycles. The van der Waals surface area contributed by atoms with Crippen molar-refractivity contribution in [1.29, 1.82) is 0 Å². The Balaban J connectivity index is 1.81. The number of fused-ring (bicyclic) bond motifs is 1. The molecular weight excluding hydrogens is 376 g/mol. The smallest absolute Gasteiger partial charge is 0.255 e. The van der Waals surface area contributed by atoms with Crippen LogP contribution in [0.15, 0.2) is 71.9 Å². The second-order valence-electron chi connectivity index (χ2n) is 6.48. The highest BCUT2D eigenvalue weighted by Crippen LogP contribution is 2.22. The lowest BCUT2D eigenvalue weighted by atomic mass is 9.98. The van der Waals surface area contributed by atoms with E-state index in [-0.39, 0.29) is 11.3 Å². The first-order valence-electron chi connectivity index (χ1n) is 8.68. The molecule has 7 heteroatoms. The summed E-state index contributed by atoms with van der Waals surface area (Å²) in [5.41, 5.74) is 2.15. The number of carbonyl (C=O) groups excluding carboxylic acids is 1. The Labute approximate surface area is 165 Å². The number of benzene rings is 2. The number of H-pyrrole nitrogens is 1. The number of halogens is 1. The third kappa shape index (κ3) is 3.42. The summed E-state index contributed by atoms with van der Waals surface area (Å²) in [5.74, 6) is -0.308. The summed E-state index contributed by atoms with van der Waals surface area (Å²) in [6.07, 6.45) is 4.75. The SMILES string of the molecule is Cn1cc(C(=O)NC(c2ccccc2)c2c[nH]c3cc(Cl)ccc3c2=O)cn1. The van der Waals surface area contributed by atoms with Gasteiger partial charge in [0.15, 0.2) is 5.43 Å². The molecule has 0 saturated carbocycles. The highest BCUT2D eigenvalue weighted by molar-refractivity contribution is 6.31. The Morgan fingerprint density at radius 3 is 2.71 bits per heavy atom. The maximum Gasteiger partial charge on any atom is 0.255 e. The number of aromatic nitrogens is 3. The molecule has 0 fully saturated rings. The third-order valence-electron chi connectivity index (χ3n) is 4.56. The van der Waals surface area contributed by atoms with Crippen molar-refractivity contribution in [3.05, 3.63) is 99.1 Å². The van der Waals surface area contributed by atoms with E-state index in [0.29, 0.717) is 27.1 Å². The van der Waals surface area contributed by atoms with Gasteiger partial charge in [0.2, 0.25) is 0 Å². The fourth-order valence-electron chi connectivity index (χ4n) is 3.16. The average molecular weight is 393 g/mol. The van der Waals surface area contributed by atoms with Crippen LogP contribution in [0.2, 0.25) is 5.02 Å². The lowest BCUT2D eigenvalue weighted by molar-refractivity contribution is 0.0942. The Bertz CT molecular complexity index is 1210. The molecule has 0 aliphatic carbocycles. The fraction of sp³-hybridized carbons (Fsp3) is 0.0952. The van der Waals surface area contributed by atoms with Crippen LogP contribution in [0.25, 0.3) is 10.9 Å². The number of hydrogen-bond donors (Lipinski definition) is 2. The normalized spacial score (nSPS) is 12.1. The van der Waals surface area contributed by atoms with Crippen LogP contribution in [0.4, 0.5) is 0 Å². The van der Waals surface area contributed by atoms with Crippen molar-refractivity contribution in [3.63, 3.8) is 0 Å². The van der Waals surface area contributed by atoms with Crippen LogP contribution in [-0.4, -0.2) is 20.7 Å². The molecule has 0 bridgehead atoms. The molecule has 2 N–H and O–H groups in total. The monoisotopic (exact) mass is 392 g/mol. The van der Waals surface area contributed by atoms with Gasteiger partial charge in [-0.25, -0.2) is 0 Å². The molecule has 28 heavy (non-hydrogen) atoms. The van der Waals surface area contributed by atoms with E-state index in [0.717, 1.165) is 5.56 Å². The Kier molecular flexibility index (Phi) is 4.71. The molecule has 1 unspecified atom stereocenters. The molecule has 2 aromatic heterocycles. The number of aromatic amines is 1. The van der Waals surface area contributed by atoms with Crippen molar-refractivity contribution in [2.75, 3.05) is 0 Å². The van der Waals surface area contributed by atoms with Crippen molar-refractivity contribution in [3.8, 4) is 0 Å². The minimum Gasteiger partial charge on any atom is -0.361 e. The van der Waals surface area contributed by atoms with Crippen LogP contribution in [0.3, 0.4) is 0 Å². The van der Waals surface area contributed by atoms with Crippen LogP contribution in [0.5, 0.6) is 0 Å². The highest BCUT2D eigenvalue weighted by atomic mass is 35.5. The number of nitrogens with one attached hydrogen (secondary N) is 2. The van der Waals surface area contributed by atoms with Crippen LogP contribution in [0, 0.1) is 0 Å². The van der Waals surface area contributed by atoms with Gasteiger partial charge < -0.3 is 10.3 Å². The van der Waals surface area contributed by atoms with Crippen molar-refractivity contribution in [1.82, 2.24) is 20.1 Å². The van der Waals surface area contributed by atoms with E-state index in [2.05, 4.69) is 15.4 Å². The van der Waals surface area contributed by atoms with E-state index < -0.39 is 6.04 Å². The predicted molar refractivity (Wildman–Crippen MR) is 109 cm³/mol. The summed E-state index contributed by atoms with van der Waals surface area (Å²) in [5, 5.41) is 8.04. The number of rotatable bonds is 4. The minimum absolute atomic E-state index is 0.161. The molecule has 2 aromatic carbocycles. The van der Waals surface area contributed by atoms with Crippen LogP contribution in [0.1, 0.15) is 27.5 Å². The maximum absolute atomic E-state index is 13.1. The van der Waals surface area contributed by atoms with Gasteiger partial charge in [0.1, 0.15) is 0 Å². The molecule has 1 atom stereocenters. The Morgan fingerprint density at radius 1 is 1.21 bits per heavy atom. The summed E-state index contributed by atoms with van der Waals surface area (Å²) in [6, 6.07) is 13.8. The van der Waals surface area contributed by atoms with Gasteiger partial charge in [0.25, 0.3) is 5.91 Å². The van der Waals surface area contributed by atoms with Gasteiger partial charge in [-0.15, -0.1) is 0 Å².